The molecule has 0 saturated carbocycles. The SMILES string of the molecule is Cc1cccc2c3c4c(cc(C)c3n(C)c12)C(C)(C)c1ccccc1-4. The van der Waals surface area contributed by atoms with Gasteiger partial charge >= 0.3 is 0 Å². The number of hydrogen-bond acceptors (Lipinski definition) is 0. The van der Waals surface area contributed by atoms with Crippen molar-refractivity contribution in [3.8, 4) is 11.1 Å². The summed E-state index contributed by atoms with van der Waals surface area (Å²) in [5.41, 5.74) is 11.2. The zero-order valence-corrected chi connectivity index (χ0v) is 15.6. The van der Waals surface area contributed by atoms with Crippen LogP contribution in [0.1, 0.15) is 36.1 Å². The number of benzene rings is 3. The Hall–Kier alpha value is -2.54. The van der Waals surface area contributed by atoms with Gasteiger partial charge in [0.2, 0.25) is 0 Å². The van der Waals surface area contributed by atoms with E-state index in [1.165, 1.54) is 55.2 Å². The molecule has 4 aromatic rings. The summed E-state index contributed by atoms with van der Waals surface area (Å²) in [6.45, 7) is 9.20. The molecule has 0 N–H and O–H groups in total. The molecule has 1 heterocycles. The van der Waals surface area contributed by atoms with E-state index in [2.05, 4.69) is 87.8 Å². The molecule has 0 radical (unpaired) electrons. The van der Waals surface area contributed by atoms with Crippen LogP contribution in [0.5, 0.6) is 0 Å². The molecule has 0 unspecified atom stereocenters. The Morgan fingerprint density at radius 3 is 2.36 bits per heavy atom. The van der Waals surface area contributed by atoms with Crippen molar-refractivity contribution < 1.29 is 0 Å². The average molecular weight is 325 g/mol. The van der Waals surface area contributed by atoms with Crippen molar-refractivity contribution in [1.82, 2.24) is 4.57 Å². The largest absolute Gasteiger partial charge is 0.343 e. The van der Waals surface area contributed by atoms with Gasteiger partial charge in [0.15, 0.2) is 0 Å². The maximum atomic E-state index is 2.42. The van der Waals surface area contributed by atoms with Crippen molar-refractivity contribution >= 4 is 21.8 Å². The molecule has 0 atom stereocenters. The number of para-hydroxylation sites is 1. The fourth-order valence-electron chi connectivity index (χ4n) is 5.08. The highest BCUT2D eigenvalue weighted by Gasteiger charge is 2.37. The lowest BCUT2D eigenvalue weighted by Gasteiger charge is -2.22. The number of nitrogens with zero attached hydrogens (tertiary/aromatic N) is 1. The van der Waals surface area contributed by atoms with Crippen LogP contribution in [0, 0.1) is 13.8 Å². The molecule has 3 aromatic carbocycles. The first kappa shape index (κ1) is 14.8. The van der Waals surface area contributed by atoms with Crippen LogP contribution < -0.4 is 0 Å². The van der Waals surface area contributed by atoms with Crippen LogP contribution in [-0.2, 0) is 12.5 Å². The third-order valence-corrected chi connectivity index (χ3v) is 6.21. The van der Waals surface area contributed by atoms with Gasteiger partial charge in [-0.1, -0.05) is 62.4 Å². The van der Waals surface area contributed by atoms with E-state index in [9.17, 15) is 0 Å². The summed E-state index contributed by atoms with van der Waals surface area (Å²) in [6, 6.07) is 18.1. The van der Waals surface area contributed by atoms with Crippen LogP contribution in [0.25, 0.3) is 32.9 Å². The second-order valence-corrected chi connectivity index (χ2v) is 8.04. The molecule has 25 heavy (non-hydrogen) atoms. The second-order valence-electron chi connectivity index (χ2n) is 8.04. The minimum atomic E-state index is 0.0524. The third kappa shape index (κ3) is 1.64. The summed E-state index contributed by atoms with van der Waals surface area (Å²) in [5, 5.41) is 2.80. The Morgan fingerprint density at radius 1 is 0.800 bits per heavy atom. The van der Waals surface area contributed by atoms with Gasteiger partial charge in [0.25, 0.3) is 0 Å². The van der Waals surface area contributed by atoms with Crippen LogP contribution in [0.4, 0.5) is 0 Å². The molecule has 0 amide bonds. The lowest BCUT2D eigenvalue weighted by atomic mass is 9.81. The van der Waals surface area contributed by atoms with E-state index in [1.807, 2.05) is 0 Å². The molecule has 1 aromatic heterocycles. The van der Waals surface area contributed by atoms with Crippen molar-refractivity contribution in [2.45, 2.75) is 33.1 Å². The van der Waals surface area contributed by atoms with Crippen LogP contribution in [0.3, 0.4) is 0 Å². The highest BCUT2D eigenvalue weighted by Crippen LogP contribution is 2.53. The predicted molar refractivity (Wildman–Crippen MR) is 107 cm³/mol. The monoisotopic (exact) mass is 325 g/mol. The van der Waals surface area contributed by atoms with E-state index in [4.69, 9.17) is 0 Å². The summed E-state index contributed by atoms with van der Waals surface area (Å²) in [5.74, 6) is 0. The molecule has 0 aliphatic heterocycles. The molecule has 1 aliphatic rings. The van der Waals surface area contributed by atoms with Gasteiger partial charge in [-0.25, -0.2) is 0 Å². The Labute approximate surface area is 148 Å². The lowest BCUT2D eigenvalue weighted by molar-refractivity contribution is 0.660. The molecule has 0 bridgehead atoms. The zero-order valence-electron chi connectivity index (χ0n) is 15.6. The van der Waals surface area contributed by atoms with Crippen molar-refractivity contribution in [2.75, 3.05) is 0 Å². The van der Waals surface area contributed by atoms with Gasteiger partial charge in [0.1, 0.15) is 0 Å². The molecule has 124 valence electrons. The Bertz CT molecular complexity index is 1190. The Morgan fingerprint density at radius 2 is 1.56 bits per heavy atom. The van der Waals surface area contributed by atoms with E-state index in [0.717, 1.165) is 0 Å². The van der Waals surface area contributed by atoms with Crippen LogP contribution >= 0.6 is 0 Å². The van der Waals surface area contributed by atoms with E-state index < -0.39 is 0 Å². The highest BCUT2D eigenvalue weighted by molar-refractivity contribution is 6.18. The average Bonchev–Trinajstić information content (AvgIpc) is 3.00. The number of hydrogen-bond donors (Lipinski definition) is 0. The normalized spacial score (nSPS) is 14.9. The summed E-state index contributed by atoms with van der Waals surface area (Å²) < 4.78 is 2.39. The van der Waals surface area contributed by atoms with Gasteiger partial charge in [-0.2, -0.15) is 0 Å². The Kier molecular flexibility index (Phi) is 2.69. The molecule has 5 rings (SSSR count). The molecule has 1 nitrogen and oxygen atoms in total. The summed E-state index contributed by atoms with van der Waals surface area (Å²) in [6.07, 6.45) is 0. The van der Waals surface area contributed by atoms with Crippen molar-refractivity contribution in [3.05, 3.63) is 70.8 Å². The van der Waals surface area contributed by atoms with Crippen LogP contribution in [0.2, 0.25) is 0 Å². The quantitative estimate of drug-likeness (QED) is 0.360. The fraction of sp³-hybridized carbons (Fsp3) is 0.250. The van der Waals surface area contributed by atoms with Gasteiger partial charge < -0.3 is 4.57 Å². The molecular weight excluding hydrogens is 302 g/mol. The minimum absolute atomic E-state index is 0.0524. The van der Waals surface area contributed by atoms with E-state index in [-0.39, 0.29) is 5.41 Å². The summed E-state index contributed by atoms with van der Waals surface area (Å²) in [4.78, 5) is 0. The van der Waals surface area contributed by atoms with Gasteiger partial charge in [-0.15, -0.1) is 0 Å². The first-order valence-corrected chi connectivity index (χ1v) is 9.04. The molecular formula is C24H23N. The van der Waals surface area contributed by atoms with Gasteiger partial charge in [-0.3, -0.25) is 0 Å². The van der Waals surface area contributed by atoms with Gasteiger partial charge in [0.05, 0.1) is 11.0 Å². The number of rotatable bonds is 0. The first-order chi connectivity index (χ1) is 11.9. The second kappa shape index (κ2) is 4.54. The first-order valence-electron chi connectivity index (χ1n) is 9.04. The summed E-state index contributed by atoms with van der Waals surface area (Å²) in [7, 11) is 2.21. The van der Waals surface area contributed by atoms with Crippen LogP contribution in [0.15, 0.2) is 48.5 Å². The van der Waals surface area contributed by atoms with E-state index >= 15 is 0 Å². The van der Waals surface area contributed by atoms with Gasteiger partial charge in [0, 0.05) is 23.2 Å². The number of fused-ring (bicyclic) bond motifs is 7. The lowest BCUT2D eigenvalue weighted by Crippen LogP contribution is -2.15. The maximum absolute atomic E-state index is 2.42. The van der Waals surface area contributed by atoms with Crippen molar-refractivity contribution in [1.29, 1.82) is 0 Å². The van der Waals surface area contributed by atoms with E-state index in [0.29, 0.717) is 0 Å². The fourth-order valence-corrected chi connectivity index (χ4v) is 5.08. The molecule has 0 saturated heterocycles. The molecule has 1 heteroatoms. The highest BCUT2D eigenvalue weighted by atomic mass is 14.9. The third-order valence-electron chi connectivity index (χ3n) is 6.21. The number of aryl methyl sites for hydroxylation is 3. The smallest absolute Gasteiger partial charge is 0.0525 e. The Balaban J connectivity index is 2.12. The predicted octanol–water partition coefficient (Wildman–Crippen LogP) is 6.25. The minimum Gasteiger partial charge on any atom is -0.343 e. The number of aromatic nitrogens is 1. The standard InChI is InChI=1S/C24H23N/c1-14-9-8-11-17-21-20-16-10-6-7-12-18(16)24(3,4)19(20)13-15(2)23(21)25(5)22(14)17/h6-13H,1-5H3. The topological polar surface area (TPSA) is 4.93 Å². The van der Waals surface area contributed by atoms with E-state index in [1.54, 1.807) is 0 Å². The van der Waals surface area contributed by atoms with Gasteiger partial charge in [-0.05, 0) is 47.2 Å². The molecule has 1 aliphatic carbocycles. The van der Waals surface area contributed by atoms with Crippen molar-refractivity contribution in [2.24, 2.45) is 7.05 Å². The maximum Gasteiger partial charge on any atom is 0.0525 e. The molecule has 0 spiro atoms. The summed E-state index contributed by atoms with van der Waals surface area (Å²) >= 11 is 0. The molecule has 0 fully saturated rings. The van der Waals surface area contributed by atoms with Crippen LogP contribution in [-0.4, -0.2) is 4.57 Å². The zero-order chi connectivity index (χ0) is 17.5. The van der Waals surface area contributed by atoms with Crippen molar-refractivity contribution in [3.63, 3.8) is 0 Å².